The van der Waals surface area contributed by atoms with Gasteiger partial charge < -0.3 is 0 Å². The highest BCUT2D eigenvalue weighted by atomic mass is 14.8. The lowest BCUT2D eigenvalue weighted by molar-refractivity contribution is 1.37. The Kier molecular flexibility index (Phi) is 8.04. The molecule has 0 radical (unpaired) electrons. The van der Waals surface area contributed by atoms with Crippen molar-refractivity contribution in [2.75, 3.05) is 0 Å². The van der Waals surface area contributed by atoms with Crippen LogP contribution >= 0.6 is 0 Å². The predicted octanol–water partition coefficient (Wildman–Crippen LogP) is 10.5. The van der Waals surface area contributed by atoms with E-state index in [-0.39, 0.29) is 0 Å². The predicted molar refractivity (Wildman–Crippen MR) is 168 cm³/mol. The van der Waals surface area contributed by atoms with E-state index in [2.05, 4.69) is 82.2 Å². The lowest BCUT2D eigenvalue weighted by Crippen LogP contribution is -1.87. The topological polar surface area (TPSA) is 49.4 Å². The molecule has 0 aliphatic heterocycles. The molecule has 0 spiro atoms. The van der Waals surface area contributed by atoms with Crippen LogP contribution < -0.4 is 0 Å². The molecule has 0 heterocycles. The molecule has 5 aromatic rings. The van der Waals surface area contributed by atoms with Crippen LogP contribution in [-0.2, 0) is 0 Å². The van der Waals surface area contributed by atoms with E-state index < -0.39 is 0 Å². The minimum Gasteiger partial charge on any atom is -0.187 e. The van der Waals surface area contributed by atoms with Crippen molar-refractivity contribution in [1.29, 1.82) is 0 Å². The maximum Gasteiger partial charge on any atom is 0.100 e. The summed E-state index contributed by atoms with van der Waals surface area (Å²) < 4.78 is 0. The number of hydrogen-bond donors (Lipinski definition) is 0. The molecule has 0 aliphatic rings. The smallest absolute Gasteiger partial charge is 0.100 e. The van der Waals surface area contributed by atoms with Gasteiger partial charge in [-0.1, -0.05) is 84.9 Å². The Labute approximate surface area is 235 Å². The van der Waals surface area contributed by atoms with Crippen molar-refractivity contribution in [3.8, 4) is 22.3 Å². The molecule has 5 aromatic carbocycles. The molecule has 5 rings (SSSR count). The molecule has 0 amide bonds. The van der Waals surface area contributed by atoms with Crippen LogP contribution in [0.5, 0.6) is 0 Å². The van der Waals surface area contributed by atoms with Gasteiger partial charge in [-0.3, -0.25) is 0 Å². The van der Waals surface area contributed by atoms with Gasteiger partial charge in [-0.25, -0.2) is 0 Å². The van der Waals surface area contributed by atoms with Crippen LogP contribution in [-0.4, -0.2) is 12.0 Å². The molecule has 40 heavy (non-hydrogen) atoms. The summed E-state index contributed by atoms with van der Waals surface area (Å²) in [5.41, 5.74) is 12.3. The van der Waals surface area contributed by atoms with Crippen LogP contribution in [0.15, 0.2) is 129 Å². The second kappa shape index (κ2) is 12.1. The fourth-order valence-corrected chi connectivity index (χ4v) is 4.59. The summed E-state index contributed by atoms with van der Waals surface area (Å²) in [7, 11) is 0. The fourth-order valence-electron chi connectivity index (χ4n) is 4.59. The average Bonchev–Trinajstić information content (AvgIpc) is 2.97. The second-order valence-electron chi connectivity index (χ2n) is 9.70. The molecule has 0 aromatic heterocycles. The summed E-state index contributed by atoms with van der Waals surface area (Å²) in [6.45, 7) is 8.23. The largest absolute Gasteiger partial charge is 0.187 e. The quantitative estimate of drug-likeness (QED) is 0.201. The first-order valence-corrected chi connectivity index (χ1v) is 13.3. The lowest BCUT2D eigenvalue weighted by atomic mass is 9.95. The number of aliphatic imine (C=N–C) groups is 4. The van der Waals surface area contributed by atoms with Gasteiger partial charge in [0.25, 0.3) is 0 Å². The van der Waals surface area contributed by atoms with E-state index in [4.69, 9.17) is 0 Å². The minimum absolute atomic E-state index is 0.854. The molecular formula is C36H30N4. The Bertz CT molecular complexity index is 1670. The van der Waals surface area contributed by atoms with E-state index in [1.165, 1.54) is 0 Å². The molecule has 0 aliphatic carbocycles. The van der Waals surface area contributed by atoms with Crippen LogP contribution in [0.3, 0.4) is 0 Å². The molecule has 0 atom stereocenters. The third-order valence-electron chi connectivity index (χ3n) is 7.03. The van der Waals surface area contributed by atoms with Crippen molar-refractivity contribution in [3.63, 3.8) is 0 Å². The molecule has 0 saturated carbocycles. The summed E-state index contributed by atoms with van der Waals surface area (Å²) in [6.07, 6.45) is 0. The first kappa shape index (κ1) is 26.5. The SMILES string of the molecule is Cc1ccccc1N=C=Nc1cccc(-c2ccc(-c3cccc(N=C=Nc4ccccc4C)c3C)cc2)c1C. The van der Waals surface area contributed by atoms with E-state index in [0.29, 0.717) is 0 Å². The summed E-state index contributed by atoms with van der Waals surface area (Å²) in [5.74, 6) is 0. The Morgan fingerprint density at radius 1 is 0.375 bits per heavy atom. The average molecular weight is 519 g/mol. The summed E-state index contributed by atoms with van der Waals surface area (Å²) in [5, 5.41) is 0. The number of benzene rings is 5. The third-order valence-corrected chi connectivity index (χ3v) is 7.03. The van der Waals surface area contributed by atoms with Gasteiger partial charge in [0.05, 0.1) is 22.7 Å². The van der Waals surface area contributed by atoms with E-state index in [9.17, 15) is 0 Å². The van der Waals surface area contributed by atoms with Gasteiger partial charge in [0.2, 0.25) is 0 Å². The van der Waals surface area contributed by atoms with Gasteiger partial charge in [-0.15, -0.1) is 0 Å². The highest BCUT2D eigenvalue weighted by Gasteiger charge is 2.09. The van der Waals surface area contributed by atoms with Gasteiger partial charge in [-0.2, -0.15) is 20.0 Å². The van der Waals surface area contributed by atoms with E-state index in [1.807, 2.05) is 86.6 Å². The summed E-state index contributed by atoms with van der Waals surface area (Å²) >= 11 is 0. The fraction of sp³-hybridized carbons (Fsp3) is 0.111. The summed E-state index contributed by atoms with van der Waals surface area (Å²) in [6, 6.07) is 42.6. The van der Waals surface area contributed by atoms with Gasteiger partial charge in [0.1, 0.15) is 12.0 Å². The van der Waals surface area contributed by atoms with Crippen LogP contribution in [0.1, 0.15) is 22.3 Å². The van der Waals surface area contributed by atoms with Gasteiger partial charge >= 0.3 is 0 Å². The normalized spacial score (nSPS) is 10.3. The number of hydrogen-bond acceptors (Lipinski definition) is 4. The maximum absolute atomic E-state index is 4.52. The van der Waals surface area contributed by atoms with Gasteiger partial charge in [0.15, 0.2) is 0 Å². The number of aryl methyl sites for hydroxylation is 2. The van der Waals surface area contributed by atoms with Crippen molar-refractivity contribution >= 4 is 34.8 Å². The van der Waals surface area contributed by atoms with Crippen LogP contribution in [0.4, 0.5) is 22.7 Å². The Hall–Kier alpha value is -5.14. The molecule has 0 bridgehead atoms. The molecule has 0 unspecified atom stereocenters. The maximum atomic E-state index is 4.52. The third kappa shape index (κ3) is 5.95. The van der Waals surface area contributed by atoms with Crippen molar-refractivity contribution in [1.82, 2.24) is 0 Å². The van der Waals surface area contributed by atoms with E-state index in [1.54, 1.807) is 0 Å². The van der Waals surface area contributed by atoms with E-state index >= 15 is 0 Å². The Morgan fingerprint density at radius 3 is 1.12 bits per heavy atom. The van der Waals surface area contributed by atoms with Crippen LogP contribution in [0.2, 0.25) is 0 Å². The molecular weight excluding hydrogens is 488 g/mol. The number of nitrogens with zero attached hydrogens (tertiary/aromatic N) is 4. The molecule has 0 saturated heterocycles. The van der Waals surface area contributed by atoms with Crippen molar-refractivity contribution < 1.29 is 0 Å². The standard InChI is InChI=1S/C36H30N4/c1-25-11-5-7-15-33(25)37-23-39-35-17-9-13-31(27(35)3)29-19-21-30(22-20-29)32-14-10-18-36(28(32)4)40-24-38-34-16-8-6-12-26(34)2/h5-22H,1-4H3. The number of para-hydroxylation sites is 2. The molecule has 194 valence electrons. The zero-order chi connectivity index (χ0) is 27.9. The van der Waals surface area contributed by atoms with Gasteiger partial charge in [0, 0.05) is 0 Å². The molecule has 0 fully saturated rings. The van der Waals surface area contributed by atoms with Crippen molar-refractivity contribution in [2.24, 2.45) is 20.0 Å². The lowest BCUT2D eigenvalue weighted by Gasteiger charge is -2.11. The first-order valence-electron chi connectivity index (χ1n) is 13.3. The zero-order valence-electron chi connectivity index (χ0n) is 23.2. The Morgan fingerprint density at radius 2 is 0.725 bits per heavy atom. The molecule has 0 N–H and O–H groups in total. The van der Waals surface area contributed by atoms with Crippen LogP contribution in [0.25, 0.3) is 22.3 Å². The van der Waals surface area contributed by atoms with Crippen molar-refractivity contribution in [3.05, 3.63) is 131 Å². The van der Waals surface area contributed by atoms with Crippen LogP contribution in [0, 0.1) is 27.7 Å². The monoisotopic (exact) mass is 518 g/mol. The highest BCUT2D eigenvalue weighted by molar-refractivity contribution is 5.79. The molecule has 4 heteroatoms. The highest BCUT2D eigenvalue weighted by Crippen LogP contribution is 2.34. The van der Waals surface area contributed by atoms with Crippen molar-refractivity contribution in [2.45, 2.75) is 27.7 Å². The number of rotatable bonds is 6. The van der Waals surface area contributed by atoms with Gasteiger partial charge in [-0.05, 0) is 96.5 Å². The zero-order valence-corrected chi connectivity index (χ0v) is 23.2. The molecule has 4 nitrogen and oxygen atoms in total. The summed E-state index contributed by atoms with van der Waals surface area (Å²) in [4.78, 5) is 17.9. The second-order valence-corrected chi connectivity index (χ2v) is 9.70. The van der Waals surface area contributed by atoms with E-state index in [0.717, 1.165) is 67.3 Å². The first-order chi connectivity index (χ1) is 19.5. The Balaban J connectivity index is 1.39. The minimum atomic E-state index is 0.854.